The maximum Gasteiger partial charge on any atom is 0.317 e. The number of carbonyl (C=O) groups excluding carboxylic acids is 2. The van der Waals surface area contributed by atoms with Gasteiger partial charge in [-0.25, -0.2) is 4.79 Å². The summed E-state index contributed by atoms with van der Waals surface area (Å²) in [6.07, 6.45) is 0.205. The fourth-order valence-corrected chi connectivity index (χ4v) is 4.35. The quantitative estimate of drug-likeness (QED) is 0.415. The molecule has 8 heteroatoms. The van der Waals surface area contributed by atoms with Crippen molar-refractivity contribution in [3.05, 3.63) is 100 Å². The van der Waals surface area contributed by atoms with Crippen LogP contribution in [-0.4, -0.2) is 55.1 Å². The SMILES string of the molecule is COC(=O)Cc1ccc(OCc2ccc(Cl)cc2)c(CN2CCN(C(=O)NCc3ccccc3)CC2)c1. The Hall–Kier alpha value is -3.55. The van der Waals surface area contributed by atoms with Gasteiger partial charge in [0.25, 0.3) is 0 Å². The second-order valence-electron chi connectivity index (χ2n) is 9.02. The molecule has 2 amide bonds. The molecule has 3 aromatic carbocycles. The molecule has 0 atom stereocenters. The van der Waals surface area contributed by atoms with Crippen LogP contribution < -0.4 is 10.1 Å². The van der Waals surface area contributed by atoms with Crippen molar-refractivity contribution in [3.8, 4) is 5.75 Å². The topological polar surface area (TPSA) is 71.1 Å². The third-order valence-electron chi connectivity index (χ3n) is 6.35. The number of rotatable bonds is 9. The molecule has 1 heterocycles. The molecule has 1 aliphatic rings. The van der Waals surface area contributed by atoms with Crippen molar-refractivity contribution in [2.45, 2.75) is 26.1 Å². The zero-order valence-corrected chi connectivity index (χ0v) is 21.7. The Labute approximate surface area is 222 Å². The molecule has 3 aromatic rings. The lowest BCUT2D eigenvalue weighted by Crippen LogP contribution is -2.51. The lowest BCUT2D eigenvalue weighted by molar-refractivity contribution is -0.139. The monoisotopic (exact) mass is 521 g/mol. The van der Waals surface area contributed by atoms with E-state index in [4.69, 9.17) is 21.1 Å². The summed E-state index contributed by atoms with van der Waals surface area (Å²) in [5.74, 6) is 0.488. The summed E-state index contributed by atoms with van der Waals surface area (Å²) in [6.45, 7) is 4.36. The number of benzene rings is 3. The minimum absolute atomic E-state index is 0.0458. The summed E-state index contributed by atoms with van der Waals surface area (Å²) in [7, 11) is 1.39. The van der Waals surface area contributed by atoms with E-state index in [2.05, 4.69) is 10.2 Å². The summed E-state index contributed by atoms with van der Waals surface area (Å²) >= 11 is 6.00. The summed E-state index contributed by atoms with van der Waals surface area (Å²) in [6, 6.07) is 23.2. The summed E-state index contributed by atoms with van der Waals surface area (Å²) in [5.41, 5.74) is 3.97. The zero-order valence-electron chi connectivity index (χ0n) is 21.0. The third-order valence-corrected chi connectivity index (χ3v) is 6.60. The van der Waals surface area contributed by atoms with E-state index < -0.39 is 0 Å². The standard InChI is InChI=1S/C29H32ClN3O4/c1-36-28(34)18-24-9-12-27(37-21-23-7-10-26(30)11-8-23)25(17-24)20-32-13-15-33(16-14-32)29(35)31-19-22-5-3-2-4-6-22/h2-12,17H,13-16,18-21H2,1H3,(H,31,35). The van der Waals surface area contributed by atoms with Crippen molar-refractivity contribution in [2.75, 3.05) is 33.3 Å². The molecule has 1 fully saturated rings. The highest BCUT2D eigenvalue weighted by atomic mass is 35.5. The van der Waals surface area contributed by atoms with Gasteiger partial charge in [0.1, 0.15) is 12.4 Å². The van der Waals surface area contributed by atoms with Crippen LogP contribution in [0.5, 0.6) is 5.75 Å². The van der Waals surface area contributed by atoms with Gasteiger partial charge in [-0.05, 0) is 34.9 Å². The number of nitrogens with zero attached hydrogens (tertiary/aromatic N) is 2. The molecule has 0 bridgehead atoms. The lowest BCUT2D eigenvalue weighted by atomic mass is 10.1. The number of ether oxygens (including phenoxy) is 2. The molecule has 0 unspecified atom stereocenters. The number of piperazine rings is 1. The van der Waals surface area contributed by atoms with E-state index in [-0.39, 0.29) is 18.4 Å². The van der Waals surface area contributed by atoms with Crippen LogP contribution in [0.25, 0.3) is 0 Å². The molecule has 0 radical (unpaired) electrons. The number of hydrogen-bond acceptors (Lipinski definition) is 5. The van der Waals surface area contributed by atoms with Crippen molar-refractivity contribution in [3.63, 3.8) is 0 Å². The van der Waals surface area contributed by atoms with E-state index in [9.17, 15) is 9.59 Å². The molecule has 37 heavy (non-hydrogen) atoms. The van der Waals surface area contributed by atoms with Crippen molar-refractivity contribution in [1.29, 1.82) is 0 Å². The summed E-state index contributed by atoms with van der Waals surface area (Å²) in [4.78, 5) is 28.6. The van der Waals surface area contributed by atoms with Gasteiger partial charge in [0, 0.05) is 49.9 Å². The van der Waals surface area contributed by atoms with Crippen molar-refractivity contribution < 1.29 is 19.1 Å². The lowest BCUT2D eigenvalue weighted by Gasteiger charge is -2.35. The van der Waals surface area contributed by atoms with Gasteiger partial charge in [-0.1, -0.05) is 66.2 Å². The molecule has 7 nitrogen and oxygen atoms in total. The van der Waals surface area contributed by atoms with Crippen LogP contribution in [-0.2, 0) is 35.6 Å². The summed E-state index contributed by atoms with van der Waals surface area (Å²) < 4.78 is 11.0. The smallest absolute Gasteiger partial charge is 0.317 e. The van der Waals surface area contributed by atoms with E-state index in [1.807, 2.05) is 77.7 Å². The molecule has 0 aromatic heterocycles. The van der Waals surface area contributed by atoms with E-state index in [1.54, 1.807) is 0 Å². The molecule has 1 aliphatic heterocycles. The number of carbonyl (C=O) groups is 2. The van der Waals surface area contributed by atoms with Gasteiger partial charge in [0.05, 0.1) is 13.5 Å². The molecule has 0 spiro atoms. The average Bonchev–Trinajstić information content (AvgIpc) is 2.93. The molecule has 1 N–H and O–H groups in total. The number of methoxy groups -OCH3 is 1. The highest BCUT2D eigenvalue weighted by Crippen LogP contribution is 2.25. The maximum absolute atomic E-state index is 12.6. The van der Waals surface area contributed by atoms with Crippen molar-refractivity contribution >= 4 is 23.6 Å². The van der Waals surface area contributed by atoms with Gasteiger partial charge in [0.15, 0.2) is 0 Å². The van der Waals surface area contributed by atoms with Crippen LogP contribution in [0, 0.1) is 0 Å². The van der Waals surface area contributed by atoms with E-state index in [1.165, 1.54) is 7.11 Å². The number of amides is 2. The van der Waals surface area contributed by atoms with Gasteiger partial charge in [-0.15, -0.1) is 0 Å². The van der Waals surface area contributed by atoms with E-state index in [0.717, 1.165) is 41.1 Å². The Balaban J connectivity index is 1.36. The third kappa shape index (κ3) is 7.97. The highest BCUT2D eigenvalue weighted by Gasteiger charge is 2.22. The van der Waals surface area contributed by atoms with Gasteiger partial charge in [-0.2, -0.15) is 0 Å². The Morgan fingerprint density at radius 3 is 2.30 bits per heavy atom. The molecule has 4 rings (SSSR count). The van der Waals surface area contributed by atoms with Crippen LogP contribution in [0.15, 0.2) is 72.8 Å². The number of halogens is 1. The van der Waals surface area contributed by atoms with Crippen LogP contribution in [0.4, 0.5) is 4.79 Å². The van der Waals surface area contributed by atoms with Gasteiger partial charge < -0.3 is 19.7 Å². The van der Waals surface area contributed by atoms with Crippen LogP contribution >= 0.6 is 11.6 Å². The largest absolute Gasteiger partial charge is 0.489 e. The van der Waals surface area contributed by atoms with Crippen molar-refractivity contribution in [2.24, 2.45) is 0 Å². The Kier molecular flexibility index (Phi) is 9.40. The fourth-order valence-electron chi connectivity index (χ4n) is 4.22. The summed E-state index contributed by atoms with van der Waals surface area (Å²) in [5, 5.41) is 3.69. The van der Waals surface area contributed by atoms with E-state index >= 15 is 0 Å². The zero-order chi connectivity index (χ0) is 26.0. The number of esters is 1. The molecule has 0 aliphatic carbocycles. The van der Waals surface area contributed by atoms with Crippen LogP contribution in [0.1, 0.15) is 22.3 Å². The molecule has 1 saturated heterocycles. The predicted octanol–water partition coefficient (Wildman–Crippen LogP) is 4.66. The molecular formula is C29H32ClN3O4. The normalized spacial score (nSPS) is 13.7. The Morgan fingerprint density at radius 1 is 0.892 bits per heavy atom. The number of urea groups is 1. The Bertz CT molecular complexity index is 1180. The minimum atomic E-state index is -0.282. The second kappa shape index (κ2) is 13.1. The first kappa shape index (κ1) is 26.5. The van der Waals surface area contributed by atoms with Gasteiger partial charge in [-0.3, -0.25) is 9.69 Å². The Morgan fingerprint density at radius 2 is 1.59 bits per heavy atom. The van der Waals surface area contributed by atoms with Crippen molar-refractivity contribution in [1.82, 2.24) is 15.1 Å². The average molecular weight is 522 g/mol. The first-order valence-corrected chi connectivity index (χ1v) is 12.7. The first-order valence-electron chi connectivity index (χ1n) is 12.3. The van der Waals surface area contributed by atoms with Crippen LogP contribution in [0.3, 0.4) is 0 Å². The van der Waals surface area contributed by atoms with Gasteiger partial charge >= 0.3 is 12.0 Å². The van der Waals surface area contributed by atoms with E-state index in [0.29, 0.717) is 37.8 Å². The molecule has 194 valence electrons. The molecular weight excluding hydrogens is 490 g/mol. The van der Waals surface area contributed by atoms with Gasteiger partial charge in [0.2, 0.25) is 0 Å². The highest BCUT2D eigenvalue weighted by molar-refractivity contribution is 6.30. The first-order chi connectivity index (χ1) is 18.0. The predicted molar refractivity (Wildman–Crippen MR) is 143 cm³/mol. The molecule has 0 saturated carbocycles. The fraction of sp³-hybridized carbons (Fsp3) is 0.310. The van der Waals surface area contributed by atoms with Crippen LogP contribution in [0.2, 0.25) is 5.02 Å². The second-order valence-corrected chi connectivity index (χ2v) is 9.45. The minimum Gasteiger partial charge on any atom is -0.489 e. The number of hydrogen-bond donors (Lipinski definition) is 1. The number of nitrogens with one attached hydrogen (secondary N) is 1. The maximum atomic E-state index is 12.6.